The summed E-state index contributed by atoms with van der Waals surface area (Å²) in [5, 5.41) is 9.26. The van der Waals surface area contributed by atoms with Crippen molar-refractivity contribution < 1.29 is 4.79 Å². The minimum absolute atomic E-state index is 0.168. The third-order valence-electron chi connectivity index (χ3n) is 3.48. The molecule has 5 heteroatoms. The Bertz CT molecular complexity index is 518. The first-order valence-electron chi connectivity index (χ1n) is 6.36. The third kappa shape index (κ3) is 3.27. The first kappa shape index (κ1) is 13.9. The summed E-state index contributed by atoms with van der Waals surface area (Å²) in [6, 6.07) is 8.04. The normalized spacial score (nSPS) is 15.2. The molecule has 1 fully saturated rings. The monoisotopic (exact) mass is 321 g/mol. The van der Waals surface area contributed by atoms with Gasteiger partial charge in [0.25, 0.3) is 0 Å². The highest BCUT2D eigenvalue weighted by Crippen LogP contribution is 2.31. The predicted molar refractivity (Wildman–Crippen MR) is 77.7 cm³/mol. The van der Waals surface area contributed by atoms with Crippen LogP contribution in [-0.4, -0.2) is 18.5 Å². The van der Waals surface area contributed by atoms with Gasteiger partial charge in [-0.25, -0.2) is 0 Å². The fraction of sp³-hybridized carbons (Fsp3) is 0.429. The molecule has 0 aliphatic heterocycles. The quantitative estimate of drug-likeness (QED) is 0.926. The van der Waals surface area contributed by atoms with Crippen molar-refractivity contribution in [3.05, 3.63) is 28.2 Å². The molecule has 0 bridgehead atoms. The van der Waals surface area contributed by atoms with Gasteiger partial charge in [0.2, 0.25) is 5.91 Å². The molecule has 100 valence electrons. The maximum atomic E-state index is 11.3. The van der Waals surface area contributed by atoms with Crippen LogP contribution in [0.4, 0.5) is 5.69 Å². The van der Waals surface area contributed by atoms with Gasteiger partial charge in [0.1, 0.15) is 6.07 Å². The average molecular weight is 322 g/mol. The van der Waals surface area contributed by atoms with Crippen molar-refractivity contribution in [3.63, 3.8) is 0 Å². The minimum atomic E-state index is -0.362. The molecule has 1 aliphatic rings. The van der Waals surface area contributed by atoms with Crippen LogP contribution in [0.15, 0.2) is 22.7 Å². The van der Waals surface area contributed by atoms with Gasteiger partial charge in [0.15, 0.2) is 0 Å². The van der Waals surface area contributed by atoms with E-state index in [0.717, 1.165) is 23.0 Å². The van der Waals surface area contributed by atoms with Crippen LogP contribution < -0.4 is 10.6 Å². The van der Waals surface area contributed by atoms with Gasteiger partial charge in [-0.15, -0.1) is 0 Å². The summed E-state index contributed by atoms with van der Waals surface area (Å²) in [5.74, 6) is -0.362. The molecule has 1 aliphatic carbocycles. The lowest BCUT2D eigenvalue weighted by Gasteiger charge is -2.30. The van der Waals surface area contributed by atoms with E-state index in [4.69, 9.17) is 5.73 Å². The lowest BCUT2D eigenvalue weighted by atomic mass is 10.1. The number of carbonyl (C=O) groups excluding carboxylic acids is 1. The van der Waals surface area contributed by atoms with Gasteiger partial charge < -0.3 is 10.6 Å². The Kier molecular flexibility index (Phi) is 4.43. The predicted octanol–water partition coefficient (Wildman–Crippen LogP) is 2.56. The molecular formula is C14H16BrN3O. The van der Waals surface area contributed by atoms with Crippen molar-refractivity contribution in [2.24, 2.45) is 5.73 Å². The highest BCUT2D eigenvalue weighted by Gasteiger charge is 2.25. The number of amides is 1. The molecule has 1 aromatic carbocycles. The van der Waals surface area contributed by atoms with E-state index in [1.54, 1.807) is 6.07 Å². The zero-order valence-corrected chi connectivity index (χ0v) is 12.2. The molecule has 1 amide bonds. The van der Waals surface area contributed by atoms with Crippen molar-refractivity contribution in [1.82, 2.24) is 0 Å². The second-order valence-electron chi connectivity index (χ2n) is 4.81. The Balaban J connectivity index is 2.37. The molecule has 0 radical (unpaired) electrons. The molecule has 0 unspecified atom stereocenters. The van der Waals surface area contributed by atoms with Gasteiger partial charge in [-0.05, 0) is 31.0 Å². The number of rotatable bonds is 4. The van der Waals surface area contributed by atoms with E-state index < -0.39 is 0 Å². The first-order valence-corrected chi connectivity index (χ1v) is 7.15. The van der Waals surface area contributed by atoms with Gasteiger partial charge in [-0.2, -0.15) is 5.26 Å². The van der Waals surface area contributed by atoms with E-state index in [1.807, 2.05) is 17.0 Å². The summed E-state index contributed by atoms with van der Waals surface area (Å²) >= 11 is 3.36. The topological polar surface area (TPSA) is 70.1 Å². The number of hydrogen-bond acceptors (Lipinski definition) is 3. The van der Waals surface area contributed by atoms with E-state index in [1.165, 1.54) is 12.8 Å². The van der Waals surface area contributed by atoms with Crippen LogP contribution in [0.25, 0.3) is 0 Å². The van der Waals surface area contributed by atoms with Crippen LogP contribution in [0.3, 0.4) is 0 Å². The van der Waals surface area contributed by atoms with E-state index in [-0.39, 0.29) is 12.5 Å². The lowest BCUT2D eigenvalue weighted by molar-refractivity contribution is -0.116. The van der Waals surface area contributed by atoms with Crippen molar-refractivity contribution in [3.8, 4) is 6.07 Å². The molecule has 1 aromatic rings. The van der Waals surface area contributed by atoms with Gasteiger partial charge in [0, 0.05) is 10.5 Å². The molecule has 0 saturated heterocycles. The second-order valence-corrected chi connectivity index (χ2v) is 5.72. The van der Waals surface area contributed by atoms with Crippen LogP contribution in [-0.2, 0) is 4.79 Å². The highest BCUT2D eigenvalue weighted by atomic mass is 79.9. The largest absolute Gasteiger partial charge is 0.368 e. The van der Waals surface area contributed by atoms with Gasteiger partial charge >= 0.3 is 0 Å². The number of benzene rings is 1. The third-order valence-corrected chi connectivity index (χ3v) is 3.97. The van der Waals surface area contributed by atoms with Crippen LogP contribution in [0.2, 0.25) is 0 Å². The van der Waals surface area contributed by atoms with Gasteiger partial charge in [0.05, 0.1) is 17.8 Å². The van der Waals surface area contributed by atoms with Crippen molar-refractivity contribution in [1.29, 1.82) is 5.26 Å². The highest BCUT2D eigenvalue weighted by molar-refractivity contribution is 9.10. The Morgan fingerprint density at radius 1 is 1.47 bits per heavy atom. The number of hydrogen-bond donors (Lipinski definition) is 1. The maximum absolute atomic E-state index is 11.3. The fourth-order valence-corrected chi connectivity index (χ4v) is 3.00. The van der Waals surface area contributed by atoms with Crippen LogP contribution in [0.1, 0.15) is 31.2 Å². The molecule has 0 aromatic heterocycles. The molecule has 1 saturated carbocycles. The standard InChI is InChI=1S/C14H16BrN3O/c15-11-5-6-13(10(7-11)8-16)18(9-14(17)19)12-3-1-2-4-12/h5-7,12H,1-4,9H2,(H2,17,19). The molecule has 0 heterocycles. The van der Waals surface area contributed by atoms with Crippen LogP contribution in [0, 0.1) is 11.3 Å². The van der Waals surface area contributed by atoms with E-state index >= 15 is 0 Å². The number of primary amides is 1. The first-order chi connectivity index (χ1) is 9.11. The molecule has 2 rings (SSSR count). The number of nitrogens with zero attached hydrogens (tertiary/aromatic N) is 2. The van der Waals surface area contributed by atoms with E-state index in [9.17, 15) is 10.1 Å². The Morgan fingerprint density at radius 3 is 2.74 bits per heavy atom. The second kappa shape index (κ2) is 6.07. The lowest BCUT2D eigenvalue weighted by Crippen LogP contribution is -2.40. The summed E-state index contributed by atoms with van der Waals surface area (Å²) in [5.41, 5.74) is 6.72. The summed E-state index contributed by atoms with van der Waals surface area (Å²) in [6.07, 6.45) is 4.43. The Labute approximate surface area is 121 Å². The van der Waals surface area contributed by atoms with Gasteiger partial charge in [-0.1, -0.05) is 28.8 Å². The summed E-state index contributed by atoms with van der Waals surface area (Å²) < 4.78 is 0.859. The summed E-state index contributed by atoms with van der Waals surface area (Å²) in [7, 11) is 0. The van der Waals surface area contributed by atoms with E-state index in [0.29, 0.717) is 11.6 Å². The van der Waals surface area contributed by atoms with Gasteiger partial charge in [-0.3, -0.25) is 4.79 Å². The number of anilines is 1. The van der Waals surface area contributed by atoms with E-state index in [2.05, 4.69) is 22.0 Å². The number of nitriles is 1. The molecule has 0 spiro atoms. The number of nitrogens with two attached hydrogens (primary N) is 1. The fourth-order valence-electron chi connectivity index (χ4n) is 2.64. The molecule has 0 atom stereocenters. The molecule has 19 heavy (non-hydrogen) atoms. The maximum Gasteiger partial charge on any atom is 0.236 e. The molecule has 4 nitrogen and oxygen atoms in total. The Morgan fingerprint density at radius 2 is 2.16 bits per heavy atom. The minimum Gasteiger partial charge on any atom is -0.368 e. The van der Waals surface area contributed by atoms with Crippen molar-refractivity contribution >= 4 is 27.5 Å². The zero-order chi connectivity index (χ0) is 13.8. The smallest absolute Gasteiger partial charge is 0.236 e. The van der Waals surface area contributed by atoms with Crippen LogP contribution in [0.5, 0.6) is 0 Å². The number of carbonyl (C=O) groups is 1. The number of halogens is 1. The van der Waals surface area contributed by atoms with Crippen molar-refractivity contribution in [2.75, 3.05) is 11.4 Å². The summed E-state index contributed by atoms with van der Waals surface area (Å²) in [6.45, 7) is 0.168. The Hall–Kier alpha value is -1.54. The zero-order valence-electron chi connectivity index (χ0n) is 10.6. The SMILES string of the molecule is N#Cc1cc(Br)ccc1N(CC(N)=O)C1CCCC1. The van der Waals surface area contributed by atoms with Crippen LogP contribution >= 0.6 is 15.9 Å². The average Bonchev–Trinajstić information content (AvgIpc) is 2.89. The molecular weight excluding hydrogens is 306 g/mol. The molecule has 2 N–H and O–H groups in total. The summed E-state index contributed by atoms with van der Waals surface area (Å²) in [4.78, 5) is 13.3. The van der Waals surface area contributed by atoms with Crippen molar-refractivity contribution in [2.45, 2.75) is 31.7 Å².